The van der Waals surface area contributed by atoms with Crippen molar-refractivity contribution in [3.8, 4) is 0 Å². The molecule has 1 aliphatic rings. The summed E-state index contributed by atoms with van der Waals surface area (Å²) in [4.78, 5) is 40.9. The summed E-state index contributed by atoms with van der Waals surface area (Å²) in [7, 11) is 2.62. The highest BCUT2D eigenvalue weighted by atomic mass is 16.5. The molecule has 0 bridgehead atoms. The van der Waals surface area contributed by atoms with E-state index in [1.54, 1.807) is 12.1 Å². The molecule has 9 nitrogen and oxygen atoms in total. The lowest BCUT2D eigenvalue weighted by molar-refractivity contribution is 0.0592. The number of amidine groups is 2. The summed E-state index contributed by atoms with van der Waals surface area (Å²) in [6.45, 7) is 0. The maximum atomic E-state index is 11.8. The van der Waals surface area contributed by atoms with Crippen molar-refractivity contribution >= 4 is 35.2 Å². The zero-order valence-electron chi connectivity index (χ0n) is 16.6. The summed E-state index contributed by atoms with van der Waals surface area (Å²) in [5, 5.41) is 4.52. The number of aliphatic imine (C=N–C) groups is 2. The third kappa shape index (κ3) is 4.15. The molecule has 1 aromatic carbocycles. The van der Waals surface area contributed by atoms with Gasteiger partial charge in [-0.05, 0) is 35.4 Å². The predicted octanol–water partition coefficient (Wildman–Crippen LogP) is 3.59. The summed E-state index contributed by atoms with van der Waals surface area (Å²) in [5.41, 5.74) is 2.19. The average molecular weight is 414 g/mol. The molecular formula is C22H16N5O4-. The number of rotatable bonds is 4. The zero-order valence-corrected chi connectivity index (χ0v) is 16.6. The summed E-state index contributed by atoms with van der Waals surface area (Å²) in [6, 6.07) is 13.6. The van der Waals surface area contributed by atoms with E-state index in [0.29, 0.717) is 34.4 Å². The molecule has 154 valence electrons. The second-order valence-corrected chi connectivity index (χ2v) is 6.32. The van der Waals surface area contributed by atoms with Gasteiger partial charge in [0.05, 0.1) is 37.0 Å². The number of benzene rings is 1. The van der Waals surface area contributed by atoms with Gasteiger partial charge in [-0.25, -0.2) is 9.59 Å². The summed E-state index contributed by atoms with van der Waals surface area (Å²) in [5.74, 6) is 0.450. The van der Waals surface area contributed by atoms with Crippen LogP contribution in [0, 0.1) is 0 Å². The molecule has 4 rings (SSSR count). The van der Waals surface area contributed by atoms with Crippen molar-refractivity contribution in [3.63, 3.8) is 0 Å². The molecule has 0 aliphatic carbocycles. The van der Waals surface area contributed by atoms with E-state index >= 15 is 0 Å². The van der Waals surface area contributed by atoms with Crippen LogP contribution in [-0.4, -0.2) is 47.8 Å². The Kier molecular flexibility index (Phi) is 5.48. The Balaban J connectivity index is 1.72. The number of esters is 2. The number of hydrogen-bond acceptors (Lipinski definition) is 8. The van der Waals surface area contributed by atoms with Gasteiger partial charge in [0.15, 0.2) is 0 Å². The number of fused-ring (bicyclic) bond motifs is 1. The largest absolute Gasteiger partial charge is 0.465 e. The quantitative estimate of drug-likeness (QED) is 0.602. The van der Waals surface area contributed by atoms with Crippen LogP contribution >= 0.6 is 0 Å². The van der Waals surface area contributed by atoms with Crippen molar-refractivity contribution in [3.05, 3.63) is 88.5 Å². The van der Waals surface area contributed by atoms with Gasteiger partial charge in [-0.3, -0.25) is 9.97 Å². The van der Waals surface area contributed by atoms with Gasteiger partial charge in [-0.2, -0.15) is 0 Å². The smallest absolute Gasteiger partial charge is 0.337 e. The molecule has 0 atom stereocenters. The molecule has 9 heteroatoms. The highest BCUT2D eigenvalue weighted by Gasteiger charge is 2.17. The molecule has 0 radical (unpaired) electrons. The van der Waals surface area contributed by atoms with Gasteiger partial charge in [-0.15, -0.1) is 0 Å². The number of carbonyl (C=O) groups is 2. The highest BCUT2D eigenvalue weighted by molar-refractivity contribution is 6.38. The molecule has 0 amide bonds. The minimum Gasteiger partial charge on any atom is -0.465 e. The molecule has 0 fully saturated rings. The first-order valence-electron chi connectivity index (χ1n) is 9.16. The van der Waals surface area contributed by atoms with Crippen LogP contribution in [0.4, 0.5) is 11.6 Å². The lowest BCUT2D eigenvalue weighted by atomic mass is 10.1. The van der Waals surface area contributed by atoms with Gasteiger partial charge in [0.1, 0.15) is 0 Å². The van der Waals surface area contributed by atoms with Crippen molar-refractivity contribution in [1.29, 1.82) is 0 Å². The Bertz CT molecular complexity index is 1140. The molecule has 2 aromatic heterocycles. The molecule has 0 N–H and O–H groups in total. The van der Waals surface area contributed by atoms with E-state index in [1.165, 1.54) is 38.7 Å². The summed E-state index contributed by atoms with van der Waals surface area (Å²) >= 11 is 0. The molecular weight excluding hydrogens is 398 g/mol. The summed E-state index contributed by atoms with van der Waals surface area (Å²) < 4.78 is 9.48. The minimum absolute atomic E-state index is 0.309. The number of nitrogens with zero attached hydrogens (tertiary/aromatic N) is 5. The van der Waals surface area contributed by atoms with Crippen molar-refractivity contribution < 1.29 is 19.1 Å². The third-order valence-corrected chi connectivity index (χ3v) is 4.39. The molecule has 0 unspecified atom stereocenters. The fourth-order valence-electron chi connectivity index (χ4n) is 2.93. The van der Waals surface area contributed by atoms with Crippen LogP contribution in [0.2, 0.25) is 0 Å². The fourth-order valence-corrected chi connectivity index (χ4v) is 2.93. The number of methoxy groups -OCH3 is 2. The van der Waals surface area contributed by atoms with Crippen molar-refractivity contribution in [2.45, 2.75) is 0 Å². The van der Waals surface area contributed by atoms with E-state index in [9.17, 15) is 9.59 Å². The maximum absolute atomic E-state index is 11.8. The van der Waals surface area contributed by atoms with E-state index in [0.717, 1.165) is 11.1 Å². The lowest BCUT2D eigenvalue weighted by Crippen LogP contribution is -2.01. The number of carbonyl (C=O) groups excluding carboxylic acids is 2. The molecule has 0 saturated carbocycles. The third-order valence-electron chi connectivity index (χ3n) is 4.39. The van der Waals surface area contributed by atoms with E-state index in [2.05, 4.69) is 25.3 Å². The number of pyridine rings is 2. The van der Waals surface area contributed by atoms with Crippen LogP contribution in [0.15, 0.2) is 70.9 Å². The van der Waals surface area contributed by atoms with Crippen molar-refractivity contribution in [1.82, 2.24) is 9.97 Å². The van der Waals surface area contributed by atoms with Gasteiger partial charge in [0.2, 0.25) is 0 Å². The molecule has 3 aromatic rings. The topological polar surface area (TPSA) is 117 Å². The van der Waals surface area contributed by atoms with Crippen LogP contribution in [0.25, 0.3) is 5.32 Å². The molecule has 0 saturated heterocycles. The van der Waals surface area contributed by atoms with Crippen LogP contribution in [0.1, 0.15) is 31.8 Å². The van der Waals surface area contributed by atoms with Crippen molar-refractivity contribution in [2.24, 2.45) is 9.98 Å². The second kappa shape index (κ2) is 8.54. The Hall–Kier alpha value is -4.40. The van der Waals surface area contributed by atoms with Gasteiger partial charge in [-0.1, -0.05) is 24.3 Å². The monoisotopic (exact) mass is 414 g/mol. The Morgan fingerprint density at radius 2 is 1.23 bits per heavy atom. The highest BCUT2D eigenvalue weighted by Crippen LogP contribution is 2.29. The Morgan fingerprint density at radius 3 is 1.65 bits per heavy atom. The maximum Gasteiger partial charge on any atom is 0.337 e. The van der Waals surface area contributed by atoms with Crippen LogP contribution in [-0.2, 0) is 9.47 Å². The van der Waals surface area contributed by atoms with Crippen molar-refractivity contribution in [2.75, 3.05) is 14.2 Å². The Morgan fingerprint density at radius 1 is 0.774 bits per heavy atom. The first kappa shape index (κ1) is 19.9. The predicted molar refractivity (Wildman–Crippen MR) is 113 cm³/mol. The minimum atomic E-state index is -0.480. The molecule has 0 spiro atoms. The van der Waals surface area contributed by atoms with E-state index in [1.807, 2.05) is 24.3 Å². The van der Waals surface area contributed by atoms with Gasteiger partial charge < -0.3 is 24.8 Å². The lowest BCUT2D eigenvalue weighted by Gasteiger charge is -2.09. The van der Waals surface area contributed by atoms with Crippen LogP contribution < -0.4 is 0 Å². The first-order chi connectivity index (χ1) is 15.1. The molecule has 31 heavy (non-hydrogen) atoms. The van der Waals surface area contributed by atoms with Crippen LogP contribution in [0.3, 0.4) is 0 Å². The summed E-state index contributed by atoms with van der Waals surface area (Å²) in [6.07, 6.45) is 2.95. The number of ether oxygens (including phenoxy) is 2. The first-order valence-corrected chi connectivity index (χ1v) is 9.16. The SMILES string of the molecule is COC(=O)c1ccnc(N=C2[N-]C(=Nc3cc(C(=O)OC)ccn3)c3ccccc32)c1. The molecule has 3 heterocycles. The standard InChI is InChI=1S/C22H16N5O4/c1-30-21(28)13-7-9-23-17(11-13)25-19-15-5-3-4-6-16(15)20(27-19)26-18-12-14(8-10-24-18)22(29)31-2/h3-12H,1-2H3/q-1. The van der Waals surface area contributed by atoms with Gasteiger partial charge in [0.25, 0.3) is 0 Å². The normalized spacial score (nSPS) is 14.8. The average Bonchev–Trinajstić information content (AvgIpc) is 3.15. The van der Waals surface area contributed by atoms with Gasteiger partial charge >= 0.3 is 11.9 Å². The van der Waals surface area contributed by atoms with E-state index < -0.39 is 11.9 Å². The van der Waals surface area contributed by atoms with Gasteiger partial charge in [0, 0.05) is 24.1 Å². The van der Waals surface area contributed by atoms with E-state index in [-0.39, 0.29) is 0 Å². The number of hydrogen-bond donors (Lipinski definition) is 0. The Labute approximate surface area is 177 Å². The zero-order chi connectivity index (χ0) is 21.8. The van der Waals surface area contributed by atoms with Crippen LogP contribution in [0.5, 0.6) is 0 Å². The second-order valence-electron chi connectivity index (χ2n) is 6.32. The van der Waals surface area contributed by atoms with E-state index in [4.69, 9.17) is 9.47 Å². The molecule has 1 aliphatic heterocycles. The number of aromatic nitrogens is 2. The fraction of sp³-hybridized carbons (Fsp3) is 0.0909.